The molecule has 0 radical (unpaired) electrons. The second kappa shape index (κ2) is 7.61. The maximum atomic E-state index is 13.7. The van der Waals surface area contributed by atoms with Gasteiger partial charge in [0.2, 0.25) is 0 Å². The summed E-state index contributed by atoms with van der Waals surface area (Å²) in [4.78, 5) is 24.2. The number of aromatic nitrogens is 2. The number of hydrogen-bond acceptors (Lipinski definition) is 3. The van der Waals surface area contributed by atoms with E-state index in [0.29, 0.717) is 11.4 Å². The first kappa shape index (κ1) is 17.9. The summed E-state index contributed by atoms with van der Waals surface area (Å²) in [6.45, 7) is 3.94. The van der Waals surface area contributed by atoms with E-state index in [0.717, 1.165) is 21.9 Å². The van der Waals surface area contributed by atoms with E-state index in [4.69, 9.17) is 0 Å². The smallest absolute Gasteiger partial charge is 0.260 e. The van der Waals surface area contributed by atoms with Crippen LogP contribution in [0.2, 0.25) is 0 Å². The van der Waals surface area contributed by atoms with Gasteiger partial charge in [0.25, 0.3) is 5.91 Å². The van der Waals surface area contributed by atoms with E-state index in [9.17, 15) is 4.79 Å². The maximum Gasteiger partial charge on any atom is 0.260 e. The molecule has 0 bridgehead atoms. The van der Waals surface area contributed by atoms with E-state index in [2.05, 4.69) is 9.97 Å². The van der Waals surface area contributed by atoms with Crippen molar-refractivity contribution in [2.24, 2.45) is 0 Å². The van der Waals surface area contributed by atoms with Gasteiger partial charge in [0.15, 0.2) is 0 Å². The molecule has 0 aliphatic heterocycles. The summed E-state index contributed by atoms with van der Waals surface area (Å²) < 4.78 is 0. The van der Waals surface area contributed by atoms with Gasteiger partial charge in [-0.3, -0.25) is 14.7 Å². The van der Waals surface area contributed by atoms with E-state index in [1.165, 1.54) is 0 Å². The molecule has 2 heterocycles. The highest BCUT2D eigenvalue weighted by atomic mass is 16.2. The maximum absolute atomic E-state index is 13.7. The Morgan fingerprint density at radius 1 is 0.929 bits per heavy atom. The molecule has 1 atom stereocenters. The van der Waals surface area contributed by atoms with Crippen LogP contribution in [-0.4, -0.2) is 15.9 Å². The lowest BCUT2D eigenvalue weighted by molar-refractivity contribution is 0.0977. The predicted molar refractivity (Wildman–Crippen MR) is 112 cm³/mol. The van der Waals surface area contributed by atoms with Crippen LogP contribution in [0, 0.1) is 6.92 Å². The third-order valence-corrected chi connectivity index (χ3v) is 5.02. The molecular weight excluding hydrogens is 346 g/mol. The van der Waals surface area contributed by atoms with Gasteiger partial charge in [-0.1, -0.05) is 54.6 Å². The molecule has 4 aromatic rings. The van der Waals surface area contributed by atoms with Crippen molar-refractivity contribution in [1.82, 2.24) is 9.97 Å². The minimum absolute atomic E-state index is 0.0832. The molecular formula is C24H21N3O. The fourth-order valence-corrected chi connectivity index (χ4v) is 3.47. The number of hydrogen-bond donors (Lipinski definition) is 0. The summed E-state index contributed by atoms with van der Waals surface area (Å²) in [5.41, 5.74) is 2.53. The van der Waals surface area contributed by atoms with Crippen molar-refractivity contribution in [2.75, 3.05) is 4.90 Å². The van der Waals surface area contributed by atoms with Crippen LogP contribution in [0.4, 0.5) is 5.82 Å². The predicted octanol–water partition coefficient (Wildman–Crippen LogP) is 5.35. The highest BCUT2D eigenvalue weighted by molar-refractivity contribution is 6.10. The van der Waals surface area contributed by atoms with Crippen molar-refractivity contribution in [1.29, 1.82) is 0 Å². The second-order valence-corrected chi connectivity index (χ2v) is 6.81. The highest BCUT2D eigenvalue weighted by Gasteiger charge is 2.27. The minimum Gasteiger partial charge on any atom is -0.285 e. The van der Waals surface area contributed by atoms with E-state index in [1.54, 1.807) is 29.6 Å². The SMILES string of the molecule is Cc1cnccc1C(=O)N(c1nccc2ccccc12)C(C)c1ccccc1. The van der Waals surface area contributed by atoms with Gasteiger partial charge in [0, 0.05) is 29.5 Å². The Morgan fingerprint density at radius 2 is 1.68 bits per heavy atom. The lowest BCUT2D eigenvalue weighted by Crippen LogP contribution is -2.35. The highest BCUT2D eigenvalue weighted by Crippen LogP contribution is 2.32. The van der Waals surface area contributed by atoms with Crippen molar-refractivity contribution in [3.8, 4) is 0 Å². The molecule has 0 fully saturated rings. The molecule has 2 aromatic carbocycles. The molecule has 1 unspecified atom stereocenters. The zero-order chi connectivity index (χ0) is 19.5. The number of rotatable bonds is 4. The molecule has 2 aromatic heterocycles. The molecule has 0 saturated heterocycles. The van der Waals surface area contributed by atoms with Crippen molar-refractivity contribution in [3.05, 3.63) is 102 Å². The third kappa shape index (κ3) is 3.25. The average Bonchev–Trinajstić information content (AvgIpc) is 2.75. The largest absolute Gasteiger partial charge is 0.285 e. The van der Waals surface area contributed by atoms with E-state index in [1.807, 2.05) is 74.5 Å². The zero-order valence-electron chi connectivity index (χ0n) is 15.9. The Bertz CT molecular complexity index is 1120. The molecule has 4 heteroatoms. The molecule has 0 spiro atoms. The fourth-order valence-electron chi connectivity index (χ4n) is 3.47. The normalized spacial score (nSPS) is 11.9. The first-order valence-electron chi connectivity index (χ1n) is 9.29. The molecule has 4 rings (SSSR count). The number of amides is 1. The second-order valence-electron chi connectivity index (χ2n) is 6.81. The monoisotopic (exact) mass is 367 g/mol. The van der Waals surface area contributed by atoms with Gasteiger partial charge in [-0.05, 0) is 42.5 Å². The summed E-state index contributed by atoms with van der Waals surface area (Å²) in [6, 6.07) is 21.6. The Kier molecular flexibility index (Phi) is 4.85. The Labute approximate surface area is 164 Å². The first-order chi connectivity index (χ1) is 13.7. The van der Waals surface area contributed by atoms with Crippen LogP contribution in [0.3, 0.4) is 0 Å². The van der Waals surface area contributed by atoms with Crippen LogP contribution in [0.5, 0.6) is 0 Å². The molecule has 0 saturated carbocycles. The van der Waals surface area contributed by atoms with Crippen molar-refractivity contribution in [2.45, 2.75) is 19.9 Å². The quantitative estimate of drug-likeness (QED) is 0.489. The molecule has 1 amide bonds. The zero-order valence-corrected chi connectivity index (χ0v) is 15.9. The summed E-state index contributed by atoms with van der Waals surface area (Å²) in [5, 5.41) is 2.00. The Balaban J connectivity index is 1.91. The fraction of sp³-hybridized carbons (Fsp3) is 0.125. The van der Waals surface area contributed by atoms with Crippen molar-refractivity contribution < 1.29 is 4.79 Å². The van der Waals surface area contributed by atoms with Gasteiger partial charge in [0.1, 0.15) is 5.82 Å². The van der Waals surface area contributed by atoms with Gasteiger partial charge in [0.05, 0.1) is 6.04 Å². The van der Waals surface area contributed by atoms with Gasteiger partial charge in [-0.2, -0.15) is 0 Å². The van der Waals surface area contributed by atoms with E-state index in [-0.39, 0.29) is 11.9 Å². The van der Waals surface area contributed by atoms with Crippen molar-refractivity contribution in [3.63, 3.8) is 0 Å². The molecule has 0 N–H and O–H groups in total. The van der Waals surface area contributed by atoms with E-state index < -0.39 is 0 Å². The number of anilines is 1. The van der Waals surface area contributed by atoms with Gasteiger partial charge >= 0.3 is 0 Å². The van der Waals surface area contributed by atoms with Gasteiger partial charge < -0.3 is 0 Å². The lowest BCUT2D eigenvalue weighted by atomic mass is 10.0. The Hall–Kier alpha value is -3.53. The number of pyridine rings is 2. The summed E-state index contributed by atoms with van der Waals surface area (Å²) in [6.07, 6.45) is 5.13. The average molecular weight is 367 g/mol. The number of nitrogens with zero attached hydrogens (tertiary/aromatic N) is 3. The lowest BCUT2D eigenvalue weighted by Gasteiger charge is -2.30. The topological polar surface area (TPSA) is 46.1 Å². The van der Waals surface area contributed by atoms with E-state index >= 15 is 0 Å². The molecule has 28 heavy (non-hydrogen) atoms. The van der Waals surface area contributed by atoms with Gasteiger partial charge in [-0.25, -0.2) is 4.98 Å². The number of aryl methyl sites for hydroxylation is 1. The van der Waals surface area contributed by atoms with Crippen LogP contribution >= 0.6 is 0 Å². The molecule has 4 nitrogen and oxygen atoms in total. The van der Waals surface area contributed by atoms with Crippen LogP contribution in [0.25, 0.3) is 10.8 Å². The van der Waals surface area contributed by atoms with Gasteiger partial charge in [-0.15, -0.1) is 0 Å². The number of carbonyl (C=O) groups excluding carboxylic acids is 1. The summed E-state index contributed by atoms with van der Waals surface area (Å²) in [7, 11) is 0. The standard InChI is InChI=1S/C24H21N3O/c1-17-16-25-14-13-21(17)24(28)27(18(2)19-8-4-3-5-9-19)23-22-11-7-6-10-20(22)12-15-26-23/h3-16,18H,1-2H3. The third-order valence-electron chi connectivity index (χ3n) is 5.02. The van der Waals surface area contributed by atoms with Crippen molar-refractivity contribution >= 4 is 22.5 Å². The molecule has 0 aliphatic rings. The van der Waals surface area contributed by atoms with Crippen LogP contribution in [-0.2, 0) is 0 Å². The number of benzene rings is 2. The summed E-state index contributed by atoms with van der Waals surface area (Å²) >= 11 is 0. The molecule has 138 valence electrons. The molecule has 0 aliphatic carbocycles. The minimum atomic E-state index is -0.181. The van der Waals surface area contributed by atoms with Crippen LogP contribution in [0.1, 0.15) is 34.5 Å². The Morgan fingerprint density at radius 3 is 2.46 bits per heavy atom. The number of carbonyl (C=O) groups is 1. The van der Waals surface area contributed by atoms with Crippen LogP contribution in [0.15, 0.2) is 85.3 Å². The summed E-state index contributed by atoms with van der Waals surface area (Å²) in [5.74, 6) is 0.579. The first-order valence-corrected chi connectivity index (χ1v) is 9.29. The van der Waals surface area contributed by atoms with Crippen LogP contribution < -0.4 is 4.90 Å². The number of fused-ring (bicyclic) bond motifs is 1.